The first-order chi connectivity index (χ1) is 8.74. The fourth-order valence-corrected chi connectivity index (χ4v) is 2.61. The van der Waals surface area contributed by atoms with Crippen molar-refractivity contribution < 1.29 is 4.42 Å². The van der Waals surface area contributed by atoms with Crippen molar-refractivity contribution in [2.24, 2.45) is 0 Å². The molecule has 3 rings (SSSR count). The summed E-state index contributed by atoms with van der Waals surface area (Å²) in [5.74, 6) is 0.680. The van der Waals surface area contributed by atoms with Gasteiger partial charge in [0.2, 0.25) is 0 Å². The quantitative estimate of drug-likeness (QED) is 0.904. The summed E-state index contributed by atoms with van der Waals surface area (Å²) in [7, 11) is 2.13. The lowest BCUT2D eigenvalue weighted by Crippen LogP contribution is -2.39. The molecule has 1 aliphatic rings. The minimum atomic E-state index is 0.380. The Balaban J connectivity index is 1.86. The van der Waals surface area contributed by atoms with Crippen molar-refractivity contribution in [3.05, 3.63) is 17.5 Å². The van der Waals surface area contributed by atoms with Crippen molar-refractivity contribution in [1.82, 2.24) is 15.1 Å². The van der Waals surface area contributed by atoms with Gasteiger partial charge in [-0.25, -0.2) is 0 Å². The normalized spacial score (nSPS) is 21.3. The first-order valence-corrected chi connectivity index (χ1v) is 6.46. The molecular formula is C12H15ClN4O. The standard InChI is InChI=1S/C12H15ClN4O/c1-17-5-2-3-8(7-17)14-12-10-9(4-6-18-10)11(13)15-16-12/h4,6,8H,2-3,5,7H2,1H3,(H,14,16)/t8-/m1/s1. The molecule has 6 heteroatoms. The van der Waals surface area contributed by atoms with Gasteiger partial charge in [0, 0.05) is 12.6 Å². The molecule has 0 unspecified atom stereocenters. The van der Waals surface area contributed by atoms with Crippen LogP contribution in [0.1, 0.15) is 12.8 Å². The topological polar surface area (TPSA) is 54.2 Å². The van der Waals surface area contributed by atoms with E-state index in [2.05, 4.69) is 27.5 Å². The second-order valence-corrected chi connectivity index (χ2v) is 5.11. The SMILES string of the molecule is CN1CCC[C@@H](Nc2nnc(Cl)c3ccoc23)C1. The highest BCUT2D eigenvalue weighted by atomic mass is 35.5. The van der Waals surface area contributed by atoms with Crippen molar-refractivity contribution in [2.75, 3.05) is 25.5 Å². The zero-order chi connectivity index (χ0) is 12.5. The molecule has 0 saturated carbocycles. The van der Waals surface area contributed by atoms with Gasteiger partial charge in [-0.3, -0.25) is 0 Å². The van der Waals surface area contributed by atoms with E-state index in [4.69, 9.17) is 16.0 Å². The molecule has 2 aromatic rings. The molecule has 0 radical (unpaired) electrons. The number of furan rings is 1. The minimum Gasteiger partial charge on any atom is -0.460 e. The Morgan fingerprint density at radius 1 is 1.50 bits per heavy atom. The van der Waals surface area contributed by atoms with Crippen molar-refractivity contribution >= 4 is 28.4 Å². The van der Waals surface area contributed by atoms with E-state index in [1.165, 1.54) is 6.42 Å². The fourth-order valence-electron chi connectivity index (χ4n) is 2.42. The second kappa shape index (κ2) is 4.74. The number of hydrogen-bond donors (Lipinski definition) is 1. The van der Waals surface area contributed by atoms with Gasteiger partial charge in [0.1, 0.15) is 0 Å². The maximum atomic E-state index is 5.97. The molecule has 96 valence electrons. The van der Waals surface area contributed by atoms with Gasteiger partial charge in [-0.1, -0.05) is 11.6 Å². The third-order valence-corrected chi connectivity index (χ3v) is 3.58. The third kappa shape index (κ3) is 2.15. The van der Waals surface area contributed by atoms with E-state index in [-0.39, 0.29) is 0 Å². The number of fused-ring (bicyclic) bond motifs is 1. The number of hydrogen-bond acceptors (Lipinski definition) is 5. The highest BCUT2D eigenvalue weighted by Crippen LogP contribution is 2.27. The van der Waals surface area contributed by atoms with Gasteiger partial charge in [-0.2, -0.15) is 0 Å². The summed E-state index contributed by atoms with van der Waals surface area (Å²) in [6.07, 6.45) is 3.94. The van der Waals surface area contributed by atoms with Crippen LogP contribution in [0.15, 0.2) is 16.7 Å². The Morgan fingerprint density at radius 2 is 2.39 bits per heavy atom. The summed E-state index contributed by atoms with van der Waals surface area (Å²) in [6.45, 7) is 2.16. The number of piperidine rings is 1. The van der Waals surface area contributed by atoms with E-state index in [9.17, 15) is 0 Å². The van der Waals surface area contributed by atoms with Crippen LogP contribution in [0.3, 0.4) is 0 Å². The Hall–Kier alpha value is -1.33. The van der Waals surface area contributed by atoms with Crippen LogP contribution in [0.25, 0.3) is 11.0 Å². The summed E-state index contributed by atoms with van der Waals surface area (Å²) in [5.41, 5.74) is 0.684. The predicted molar refractivity (Wildman–Crippen MR) is 71.0 cm³/mol. The van der Waals surface area contributed by atoms with Crippen LogP contribution in [0.2, 0.25) is 5.15 Å². The Labute approximate surface area is 110 Å². The molecule has 1 N–H and O–H groups in total. The molecule has 1 saturated heterocycles. The lowest BCUT2D eigenvalue weighted by Gasteiger charge is -2.30. The smallest absolute Gasteiger partial charge is 0.192 e. The number of nitrogens with zero attached hydrogens (tertiary/aromatic N) is 3. The zero-order valence-electron chi connectivity index (χ0n) is 10.2. The molecule has 1 fully saturated rings. The van der Waals surface area contributed by atoms with Crippen molar-refractivity contribution in [1.29, 1.82) is 0 Å². The van der Waals surface area contributed by atoms with E-state index < -0.39 is 0 Å². The summed E-state index contributed by atoms with van der Waals surface area (Å²) < 4.78 is 5.44. The summed E-state index contributed by atoms with van der Waals surface area (Å²) in [5, 5.41) is 12.6. The molecule has 3 heterocycles. The lowest BCUT2D eigenvalue weighted by atomic mass is 10.1. The molecule has 0 bridgehead atoms. The lowest BCUT2D eigenvalue weighted by molar-refractivity contribution is 0.260. The fraction of sp³-hybridized carbons (Fsp3) is 0.500. The summed E-state index contributed by atoms with van der Waals surface area (Å²) in [4.78, 5) is 2.31. The van der Waals surface area contributed by atoms with E-state index in [1.807, 2.05) is 6.07 Å². The Bertz CT molecular complexity index is 556. The van der Waals surface area contributed by atoms with E-state index in [0.717, 1.165) is 24.9 Å². The van der Waals surface area contributed by atoms with E-state index in [0.29, 0.717) is 22.6 Å². The van der Waals surface area contributed by atoms with Gasteiger partial charge in [0.15, 0.2) is 16.6 Å². The summed E-state index contributed by atoms with van der Waals surface area (Å²) in [6, 6.07) is 2.19. The minimum absolute atomic E-state index is 0.380. The first-order valence-electron chi connectivity index (χ1n) is 6.08. The molecule has 1 aliphatic heterocycles. The largest absolute Gasteiger partial charge is 0.460 e. The van der Waals surface area contributed by atoms with Crippen molar-refractivity contribution in [3.63, 3.8) is 0 Å². The van der Waals surface area contributed by atoms with Crippen LogP contribution in [-0.2, 0) is 0 Å². The van der Waals surface area contributed by atoms with Gasteiger partial charge in [-0.15, -0.1) is 10.2 Å². The highest BCUT2D eigenvalue weighted by Gasteiger charge is 2.19. The zero-order valence-corrected chi connectivity index (χ0v) is 10.9. The summed E-state index contributed by atoms with van der Waals surface area (Å²) >= 11 is 5.97. The first kappa shape index (κ1) is 11.7. The predicted octanol–water partition coefficient (Wildman–Crippen LogP) is 2.38. The monoisotopic (exact) mass is 266 g/mol. The van der Waals surface area contributed by atoms with Gasteiger partial charge in [0.25, 0.3) is 0 Å². The van der Waals surface area contributed by atoms with Gasteiger partial charge in [0.05, 0.1) is 11.6 Å². The van der Waals surface area contributed by atoms with Crippen LogP contribution in [-0.4, -0.2) is 41.3 Å². The number of aromatic nitrogens is 2. The van der Waals surface area contributed by atoms with Crippen LogP contribution >= 0.6 is 11.6 Å². The molecule has 0 spiro atoms. The Morgan fingerprint density at radius 3 is 3.22 bits per heavy atom. The number of rotatable bonds is 2. The van der Waals surface area contributed by atoms with Crippen molar-refractivity contribution in [3.8, 4) is 0 Å². The van der Waals surface area contributed by atoms with Gasteiger partial charge in [-0.05, 0) is 32.5 Å². The Kier molecular flexibility index (Phi) is 3.09. The van der Waals surface area contributed by atoms with Gasteiger partial charge < -0.3 is 14.6 Å². The molecule has 2 aromatic heterocycles. The highest BCUT2D eigenvalue weighted by molar-refractivity contribution is 6.34. The molecule has 1 atom stereocenters. The molecule has 0 amide bonds. The second-order valence-electron chi connectivity index (χ2n) is 4.75. The maximum absolute atomic E-state index is 5.97. The average Bonchev–Trinajstić information content (AvgIpc) is 2.83. The molecule has 0 aromatic carbocycles. The number of halogens is 1. The molecule has 18 heavy (non-hydrogen) atoms. The maximum Gasteiger partial charge on any atom is 0.192 e. The van der Waals surface area contributed by atoms with Crippen molar-refractivity contribution in [2.45, 2.75) is 18.9 Å². The van der Waals surface area contributed by atoms with Gasteiger partial charge >= 0.3 is 0 Å². The van der Waals surface area contributed by atoms with Crippen LogP contribution in [0, 0.1) is 0 Å². The third-order valence-electron chi connectivity index (χ3n) is 3.31. The number of nitrogens with one attached hydrogen (secondary N) is 1. The average molecular weight is 267 g/mol. The number of likely N-dealkylation sites (N-methyl/N-ethyl adjacent to an activating group) is 1. The van der Waals surface area contributed by atoms with Crippen LogP contribution in [0.4, 0.5) is 5.82 Å². The molecule has 0 aliphatic carbocycles. The van der Waals surface area contributed by atoms with Crippen LogP contribution in [0.5, 0.6) is 0 Å². The molecule has 5 nitrogen and oxygen atoms in total. The molecular weight excluding hydrogens is 252 g/mol. The van der Waals surface area contributed by atoms with E-state index >= 15 is 0 Å². The number of anilines is 1. The number of likely N-dealkylation sites (tertiary alicyclic amines) is 1. The van der Waals surface area contributed by atoms with E-state index in [1.54, 1.807) is 6.26 Å². The van der Waals surface area contributed by atoms with Crippen LogP contribution < -0.4 is 5.32 Å².